The van der Waals surface area contributed by atoms with Crippen LogP contribution in [-0.2, 0) is 18.4 Å². The minimum absolute atomic E-state index is 0.0107. The molecule has 0 saturated carbocycles. The lowest BCUT2D eigenvalue weighted by Crippen LogP contribution is -2.21. The lowest BCUT2D eigenvalue weighted by Gasteiger charge is -2.19. The molecule has 1 saturated heterocycles. The van der Waals surface area contributed by atoms with Crippen molar-refractivity contribution < 1.29 is 23.3 Å². The summed E-state index contributed by atoms with van der Waals surface area (Å²) < 4.78 is 22.8. The number of likely N-dealkylation sites (tertiary alicyclic amines) is 1. The molecule has 0 aliphatic carbocycles. The van der Waals surface area contributed by atoms with Crippen LogP contribution < -0.4 is 0 Å². The largest absolute Gasteiger partial charge is 0.472 e. The number of phosphoric ester groups is 1. The fourth-order valence-electron chi connectivity index (χ4n) is 5.05. The van der Waals surface area contributed by atoms with Crippen molar-refractivity contribution in [2.75, 3.05) is 32.8 Å². The topological polar surface area (TPSA) is 76.1 Å². The number of unbranched alkanes of at least 4 members (excludes halogenated alkanes) is 13. The van der Waals surface area contributed by atoms with E-state index in [4.69, 9.17) is 9.05 Å². The molecule has 1 aliphatic rings. The second-order valence-electron chi connectivity index (χ2n) is 10.8. The first-order chi connectivity index (χ1) is 17.5. The summed E-state index contributed by atoms with van der Waals surface area (Å²) in [5.74, 6) is 0.178. The fourth-order valence-corrected chi connectivity index (χ4v) is 5.88. The second kappa shape index (κ2) is 22.7. The molecule has 1 fully saturated rings. The van der Waals surface area contributed by atoms with E-state index in [0.29, 0.717) is 12.8 Å². The highest BCUT2D eigenvalue weighted by Crippen LogP contribution is 2.44. The van der Waals surface area contributed by atoms with Gasteiger partial charge in [-0.3, -0.25) is 13.8 Å². The normalized spacial score (nSPS) is 16.9. The van der Waals surface area contributed by atoms with Gasteiger partial charge in [0.05, 0.1) is 13.2 Å². The van der Waals surface area contributed by atoms with Crippen molar-refractivity contribution in [1.82, 2.24) is 4.90 Å². The van der Waals surface area contributed by atoms with Crippen LogP contribution in [0.4, 0.5) is 0 Å². The maximum Gasteiger partial charge on any atom is 0.472 e. The Morgan fingerprint density at radius 1 is 0.806 bits per heavy atom. The van der Waals surface area contributed by atoms with Crippen LogP contribution in [0.2, 0.25) is 0 Å². The quantitative estimate of drug-likeness (QED) is 0.0891. The molecule has 0 radical (unpaired) electrons. The zero-order chi connectivity index (χ0) is 26.3. The number of hydrogen-bond donors (Lipinski definition) is 1. The first-order valence-electron chi connectivity index (χ1n) is 15.3. The lowest BCUT2D eigenvalue weighted by atomic mass is 9.95. The highest BCUT2D eigenvalue weighted by atomic mass is 31.2. The molecule has 0 aromatic heterocycles. The molecule has 0 aromatic carbocycles. The van der Waals surface area contributed by atoms with E-state index in [1.54, 1.807) is 0 Å². The van der Waals surface area contributed by atoms with Crippen molar-refractivity contribution in [3.8, 4) is 0 Å². The molecule has 1 heterocycles. The zero-order valence-corrected chi connectivity index (χ0v) is 24.6. The van der Waals surface area contributed by atoms with E-state index in [1.807, 2.05) is 6.92 Å². The molecule has 36 heavy (non-hydrogen) atoms. The van der Waals surface area contributed by atoms with Gasteiger partial charge in [-0.1, -0.05) is 104 Å². The second-order valence-corrected chi connectivity index (χ2v) is 12.3. The summed E-state index contributed by atoms with van der Waals surface area (Å²) in [6, 6.07) is 0. The Kier molecular flexibility index (Phi) is 21.3. The van der Waals surface area contributed by atoms with E-state index in [1.165, 1.54) is 89.9 Å². The summed E-state index contributed by atoms with van der Waals surface area (Å²) in [4.78, 5) is 24.4. The Labute approximate surface area is 222 Å². The highest BCUT2D eigenvalue weighted by molar-refractivity contribution is 7.47. The highest BCUT2D eigenvalue weighted by Gasteiger charge is 2.24. The van der Waals surface area contributed by atoms with E-state index in [2.05, 4.69) is 11.8 Å². The molecular weight excluding hydrogens is 473 g/mol. The van der Waals surface area contributed by atoms with Crippen molar-refractivity contribution in [3.63, 3.8) is 0 Å². The molecule has 2 unspecified atom stereocenters. The van der Waals surface area contributed by atoms with Gasteiger partial charge in [0.2, 0.25) is 0 Å². The van der Waals surface area contributed by atoms with Crippen molar-refractivity contribution in [1.29, 1.82) is 0 Å². The first kappa shape index (κ1) is 33.8. The van der Waals surface area contributed by atoms with Crippen LogP contribution >= 0.6 is 7.82 Å². The van der Waals surface area contributed by atoms with Gasteiger partial charge < -0.3 is 9.79 Å². The van der Waals surface area contributed by atoms with Gasteiger partial charge in [-0.15, -0.1) is 0 Å². The minimum atomic E-state index is -4.06. The summed E-state index contributed by atoms with van der Waals surface area (Å²) in [5, 5.41) is 0. The minimum Gasteiger partial charge on any atom is -0.303 e. The van der Waals surface area contributed by atoms with Crippen LogP contribution in [0.1, 0.15) is 142 Å². The van der Waals surface area contributed by atoms with Crippen LogP contribution in [-0.4, -0.2) is 48.4 Å². The van der Waals surface area contributed by atoms with Gasteiger partial charge in [-0.25, -0.2) is 4.57 Å². The maximum atomic E-state index is 12.3. The van der Waals surface area contributed by atoms with Crippen LogP contribution in [0.15, 0.2) is 0 Å². The maximum absolute atomic E-state index is 12.3. The molecule has 1 aliphatic heterocycles. The molecule has 0 spiro atoms. The Bertz CT molecular complexity index is 568. The van der Waals surface area contributed by atoms with Crippen LogP contribution in [0.25, 0.3) is 0 Å². The first-order valence-corrected chi connectivity index (χ1v) is 16.8. The predicted molar refractivity (Wildman–Crippen MR) is 150 cm³/mol. The van der Waals surface area contributed by atoms with Crippen molar-refractivity contribution in [3.05, 3.63) is 0 Å². The molecule has 6 nitrogen and oxygen atoms in total. The van der Waals surface area contributed by atoms with Gasteiger partial charge in [0.1, 0.15) is 5.78 Å². The number of hydrogen-bond acceptors (Lipinski definition) is 5. The van der Waals surface area contributed by atoms with Gasteiger partial charge in [-0.05, 0) is 44.7 Å². The van der Waals surface area contributed by atoms with Crippen LogP contribution in [0.3, 0.4) is 0 Å². The van der Waals surface area contributed by atoms with Crippen LogP contribution in [0, 0.1) is 5.92 Å². The summed E-state index contributed by atoms with van der Waals surface area (Å²) in [5.41, 5.74) is 0. The SMILES string of the molecule is CCCCCCCCCCCCCCCCC(COP(=O)(O)OCCCN1CCCC1)CC(=O)CC. The van der Waals surface area contributed by atoms with Gasteiger partial charge >= 0.3 is 7.82 Å². The Balaban J connectivity index is 2.09. The Hall–Kier alpha value is -0.260. The summed E-state index contributed by atoms with van der Waals surface area (Å²) in [6.07, 6.45) is 23.4. The molecule has 0 aromatic rings. The fraction of sp³-hybridized carbons (Fsp3) is 0.966. The van der Waals surface area contributed by atoms with Crippen LogP contribution in [0.5, 0.6) is 0 Å². The zero-order valence-electron chi connectivity index (χ0n) is 23.7. The summed E-state index contributed by atoms with van der Waals surface area (Å²) >= 11 is 0. The third-order valence-electron chi connectivity index (χ3n) is 7.42. The third-order valence-corrected chi connectivity index (χ3v) is 8.41. The number of carbonyl (C=O) groups is 1. The van der Waals surface area contributed by atoms with E-state index in [0.717, 1.165) is 45.3 Å². The number of ketones is 1. The number of phosphoric acid groups is 1. The standard InChI is InChI=1S/C29H58NO5P/c1-3-5-6-7-8-9-10-11-12-13-14-15-16-17-21-28(26-29(31)4-2)27-35-36(32,33)34-25-20-24-30-22-18-19-23-30/h28H,3-27H2,1-2H3,(H,32,33). The van der Waals surface area contributed by atoms with E-state index >= 15 is 0 Å². The van der Waals surface area contributed by atoms with E-state index in [9.17, 15) is 14.3 Å². The Morgan fingerprint density at radius 3 is 1.86 bits per heavy atom. The summed E-state index contributed by atoms with van der Waals surface area (Å²) in [6.45, 7) is 7.59. The van der Waals surface area contributed by atoms with Gasteiger partial charge in [0.15, 0.2) is 0 Å². The predicted octanol–water partition coefficient (Wildman–Crippen LogP) is 8.46. The van der Waals surface area contributed by atoms with Gasteiger partial charge in [0.25, 0.3) is 0 Å². The molecule has 0 bridgehead atoms. The van der Waals surface area contributed by atoms with E-state index in [-0.39, 0.29) is 24.9 Å². The van der Waals surface area contributed by atoms with E-state index < -0.39 is 7.82 Å². The number of carbonyl (C=O) groups excluding carboxylic acids is 1. The summed E-state index contributed by atoms with van der Waals surface area (Å²) in [7, 11) is -4.06. The average molecular weight is 532 g/mol. The molecule has 0 amide bonds. The monoisotopic (exact) mass is 531 g/mol. The Morgan fingerprint density at radius 2 is 1.33 bits per heavy atom. The van der Waals surface area contributed by atoms with Gasteiger partial charge in [-0.2, -0.15) is 0 Å². The molecule has 214 valence electrons. The average Bonchev–Trinajstić information content (AvgIpc) is 3.39. The van der Waals surface area contributed by atoms with Gasteiger partial charge in [0, 0.05) is 19.4 Å². The smallest absolute Gasteiger partial charge is 0.303 e. The van der Waals surface area contributed by atoms with Crippen molar-refractivity contribution >= 4 is 13.6 Å². The van der Waals surface area contributed by atoms with Crippen molar-refractivity contribution in [2.45, 2.75) is 142 Å². The third kappa shape index (κ3) is 19.8. The molecule has 7 heteroatoms. The molecule has 1 N–H and O–H groups in total. The van der Waals surface area contributed by atoms with Crippen molar-refractivity contribution in [2.24, 2.45) is 5.92 Å². The lowest BCUT2D eigenvalue weighted by molar-refractivity contribution is -0.120. The number of nitrogens with zero attached hydrogens (tertiary/aromatic N) is 1. The molecule has 1 rings (SSSR count). The molecular formula is C29H58NO5P. The molecule has 2 atom stereocenters. The number of Topliss-reactive ketones (excluding diaryl/α,β-unsaturated/α-hetero) is 1. The number of rotatable bonds is 26.